The van der Waals surface area contributed by atoms with Gasteiger partial charge >= 0.3 is 11.9 Å². The van der Waals surface area contributed by atoms with E-state index < -0.39 is 11.9 Å². The lowest BCUT2D eigenvalue weighted by Crippen LogP contribution is -2.30. The molecule has 0 unspecified atom stereocenters. The first-order valence-electron chi connectivity index (χ1n) is 10.00. The lowest BCUT2D eigenvalue weighted by Gasteiger charge is -2.30. The van der Waals surface area contributed by atoms with E-state index in [1.165, 1.54) is 22.5 Å². The summed E-state index contributed by atoms with van der Waals surface area (Å²) in [6.45, 7) is 4.52. The fourth-order valence-corrected chi connectivity index (χ4v) is 3.70. The van der Waals surface area contributed by atoms with Crippen molar-refractivity contribution in [3.63, 3.8) is 0 Å². The number of hydrogen-bond donors (Lipinski definition) is 2. The smallest absolute Gasteiger partial charge is 0.328 e. The minimum atomic E-state index is -1.26. The third-order valence-electron chi connectivity index (χ3n) is 4.77. The van der Waals surface area contributed by atoms with Crippen LogP contribution in [-0.2, 0) is 22.4 Å². The molecule has 0 amide bonds. The maximum atomic E-state index is 9.55. The number of aliphatic carboxylic acids is 2. The first kappa shape index (κ1) is 23.2. The maximum absolute atomic E-state index is 9.55. The Labute approximate surface area is 178 Å². The van der Waals surface area contributed by atoms with Gasteiger partial charge in [-0.1, -0.05) is 43.3 Å². The summed E-state index contributed by atoms with van der Waals surface area (Å²) in [5.41, 5.74) is 5.71. The molecule has 2 N–H and O–H groups in total. The molecule has 3 rings (SSSR count). The Morgan fingerprint density at radius 2 is 1.37 bits per heavy atom. The number of nitrogens with zero attached hydrogens (tertiary/aromatic N) is 2. The Bertz CT molecular complexity index is 829. The molecular formula is C24H30N2O4. The highest BCUT2D eigenvalue weighted by Gasteiger charge is 2.21. The van der Waals surface area contributed by atoms with Crippen molar-refractivity contribution in [3.05, 3.63) is 71.8 Å². The summed E-state index contributed by atoms with van der Waals surface area (Å²) >= 11 is 0. The molecule has 0 saturated carbocycles. The molecule has 1 aliphatic rings. The number of carboxylic acid groups (broad SMARTS) is 2. The van der Waals surface area contributed by atoms with Crippen LogP contribution in [0.1, 0.15) is 18.1 Å². The number of fused-ring (bicyclic) bond motifs is 2. The predicted octanol–water partition coefficient (Wildman–Crippen LogP) is 3.83. The van der Waals surface area contributed by atoms with E-state index in [-0.39, 0.29) is 0 Å². The van der Waals surface area contributed by atoms with E-state index in [0.29, 0.717) is 18.1 Å². The molecule has 0 aromatic heterocycles. The van der Waals surface area contributed by atoms with Crippen LogP contribution in [-0.4, -0.2) is 54.2 Å². The first-order chi connectivity index (χ1) is 14.3. The fourth-order valence-electron chi connectivity index (χ4n) is 3.70. The van der Waals surface area contributed by atoms with E-state index in [1.54, 1.807) is 0 Å². The lowest BCUT2D eigenvalue weighted by molar-refractivity contribution is -0.134. The standard InChI is InChI=1S/C20H26N2.C4H4O4/c1-16(14-21(2)3)15-22-19-10-6-4-8-17(19)12-13-18-9-5-7-11-20(18)22;5-3(6)1-2-4(7)8/h4-11,16H,12-15H2,1-3H3;1-2H,(H,5,6)(H,7,8)/t16-;/m1./s1. The van der Waals surface area contributed by atoms with Crippen LogP contribution in [0.15, 0.2) is 60.7 Å². The van der Waals surface area contributed by atoms with E-state index >= 15 is 0 Å². The summed E-state index contributed by atoms with van der Waals surface area (Å²) in [5.74, 6) is -1.89. The van der Waals surface area contributed by atoms with Gasteiger partial charge in [-0.3, -0.25) is 0 Å². The second-order valence-electron chi connectivity index (χ2n) is 7.75. The predicted molar refractivity (Wildman–Crippen MR) is 119 cm³/mol. The van der Waals surface area contributed by atoms with E-state index in [0.717, 1.165) is 25.9 Å². The molecule has 2 aromatic carbocycles. The van der Waals surface area contributed by atoms with Crippen molar-refractivity contribution in [2.24, 2.45) is 5.92 Å². The third kappa shape index (κ3) is 7.04. The van der Waals surface area contributed by atoms with Gasteiger partial charge in [0.2, 0.25) is 0 Å². The van der Waals surface area contributed by atoms with Gasteiger partial charge in [-0.25, -0.2) is 9.59 Å². The second-order valence-corrected chi connectivity index (χ2v) is 7.75. The van der Waals surface area contributed by atoms with Gasteiger partial charge in [-0.05, 0) is 56.1 Å². The van der Waals surface area contributed by atoms with Gasteiger partial charge in [-0.15, -0.1) is 0 Å². The normalized spacial score (nSPS) is 13.7. The number of hydrogen-bond acceptors (Lipinski definition) is 4. The van der Waals surface area contributed by atoms with E-state index in [1.807, 2.05) is 0 Å². The SMILES string of the molecule is C[C@H](CN(C)C)CN1c2ccccc2CCc2ccccc21.O=C(O)C=CC(=O)O. The van der Waals surface area contributed by atoms with Gasteiger partial charge in [0.25, 0.3) is 0 Å². The summed E-state index contributed by atoms with van der Waals surface area (Å²) in [6, 6.07) is 17.8. The zero-order valence-corrected chi connectivity index (χ0v) is 17.8. The van der Waals surface area contributed by atoms with Gasteiger partial charge in [0.05, 0.1) is 0 Å². The molecular weight excluding hydrogens is 380 g/mol. The molecule has 0 saturated heterocycles. The number of rotatable bonds is 6. The van der Waals surface area contributed by atoms with Crippen molar-refractivity contribution >= 4 is 23.3 Å². The number of benzene rings is 2. The Hall–Kier alpha value is -3.12. The van der Waals surface area contributed by atoms with Gasteiger partial charge in [-0.2, -0.15) is 0 Å². The van der Waals surface area contributed by atoms with Gasteiger partial charge in [0.1, 0.15) is 0 Å². The summed E-state index contributed by atoms with van der Waals surface area (Å²) in [6.07, 6.45) is 3.38. The van der Waals surface area contributed by atoms with Crippen LogP contribution in [0.25, 0.3) is 0 Å². The van der Waals surface area contributed by atoms with Crippen LogP contribution < -0.4 is 4.90 Å². The highest BCUT2D eigenvalue weighted by Crippen LogP contribution is 2.36. The number of para-hydroxylation sites is 2. The quantitative estimate of drug-likeness (QED) is 0.705. The van der Waals surface area contributed by atoms with Gasteiger partial charge in [0, 0.05) is 36.6 Å². The van der Waals surface area contributed by atoms with Crippen LogP contribution >= 0.6 is 0 Å². The van der Waals surface area contributed by atoms with Crippen molar-refractivity contribution in [1.29, 1.82) is 0 Å². The Morgan fingerprint density at radius 1 is 0.933 bits per heavy atom. The van der Waals surface area contributed by atoms with Crippen LogP contribution in [0.4, 0.5) is 11.4 Å². The molecule has 1 atom stereocenters. The van der Waals surface area contributed by atoms with Crippen molar-refractivity contribution in [1.82, 2.24) is 4.90 Å². The molecule has 1 aliphatic heterocycles. The lowest BCUT2D eigenvalue weighted by atomic mass is 10.0. The molecule has 0 radical (unpaired) electrons. The molecule has 0 bridgehead atoms. The van der Waals surface area contributed by atoms with Crippen LogP contribution in [0.2, 0.25) is 0 Å². The number of carbonyl (C=O) groups is 2. The zero-order chi connectivity index (χ0) is 22.1. The first-order valence-corrected chi connectivity index (χ1v) is 10.00. The molecule has 30 heavy (non-hydrogen) atoms. The van der Waals surface area contributed by atoms with Gasteiger partial charge < -0.3 is 20.0 Å². The molecule has 0 aliphatic carbocycles. The molecule has 0 spiro atoms. The zero-order valence-electron chi connectivity index (χ0n) is 17.8. The minimum Gasteiger partial charge on any atom is -0.478 e. The minimum absolute atomic E-state index is 0.558. The van der Waals surface area contributed by atoms with Crippen LogP contribution in [0, 0.1) is 5.92 Å². The molecule has 0 fully saturated rings. The fraction of sp³-hybridized carbons (Fsp3) is 0.333. The summed E-state index contributed by atoms with van der Waals surface area (Å²) in [7, 11) is 4.31. The number of anilines is 2. The number of aryl methyl sites for hydroxylation is 2. The average molecular weight is 411 g/mol. The topological polar surface area (TPSA) is 81.1 Å². The van der Waals surface area contributed by atoms with Crippen molar-refractivity contribution in [3.8, 4) is 0 Å². The summed E-state index contributed by atoms with van der Waals surface area (Å²) < 4.78 is 0. The summed E-state index contributed by atoms with van der Waals surface area (Å²) in [4.78, 5) is 23.9. The Balaban J connectivity index is 0.000000343. The van der Waals surface area contributed by atoms with Crippen molar-refractivity contribution in [2.45, 2.75) is 19.8 Å². The number of carboxylic acids is 2. The van der Waals surface area contributed by atoms with E-state index in [4.69, 9.17) is 10.2 Å². The summed E-state index contributed by atoms with van der Waals surface area (Å²) in [5, 5.41) is 15.6. The second kappa shape index (κ2) is 11.2. The molecule has 2 aromatic rings. The Morgan fingerprint density at radius 3 is 1.77 bits per heavy atom. The van der Waals surface area contributed by atoms with Crippen molar-refractivity contribution in [2.75, 3.05) is 32.1 Å². The van der Waals surface area contributed by atoms with Crippen LogP contribution in [0.5, 0.6) is 0 Å². The molecule has 6 heteroatoms. The Kier molecular flexibility index (Phi) is 8.62. The maximum Gasteiger partial charge on any atom is 0.328 e. The third-order valence-corrected chi connectivity index (χ3v) is 4.77. The largest absolute Gasteiger partial charge is 0.478 e. The molecule has 1 heterocycles. The van der Waals surface area contributed by atoms with Crippen LogP contribution in [0.3, 0.4) is 0 Å². The highest BCUT2D eigenvalue weighted by molar-refractivity contribution is 5.89. The molecule has 6 nitrogen and oxygen atoms in total. The van der Waals surface area contributed by atoms with E-state index in [9.17, 15) is 9.59 Å². The van der Waals surface area contributed by atoms with Gasteiger partial charge in [0.15, 0.2) is 0 Å². The molecule has 160 valence electrons. The van der Waals surface area contributed by atoms with E-state index in [2.05, 4.69) is 79.3 Å². The monoisotopic (exact) mass is 410 g/mol. The van der Waals surface area contributed by atoms with Crippen molar-refractivity contribution < 1.29 is 19.8 Å². The average Bonchev–Trinajstić information content (AvgIpc) is 2.84. The highest BCUT2D eigenvalue weighted by atomic mass is 16.4.